The Hall–Kier alpha value is -3.48. The summed E-state index contributed by atoms with van der Waals surface area (Å²) in [7, 11) is 8.67. The number of benzene rings is 1. The third-order valence-corrected chi connectivity index (χ3v) is 13.3. The van der Waals surface area contributed by atoms with Crippen molar-refractivity contribution in [1.29, 1.82) is 0 Å². The van der Waals surface area contributed by atoms with Gasteiger partial charge in [-0.05, 0) is 128 Å². The van der Waals surface area contributed by atoms with Gasteiger partial charge in [-0.3, -0.25) is 19.4 Å². The van der Waals surface area contributed by atoms with Crippen LogP contribution in [0.15, 0.2) is 82.1 Å². The molecule has 0 unspecified atom stereocenters. The predicted molar refractivity (Wildman–Crippen MR) is 216 cm³/mol. The van der Waals surface area contributed by atoms with Gasteiger partial charge in [-0.15, -0.1) is 22.7 Å². The Bertz CT molecular complexity index is 1660. The Morgan fingerprint density at radius 2 is 1.42 bits per heavy atom. The van der Waals surface area contributed by atoms with E-state index in [1.165, 1.54) is 22.6 Å². The van der Waals surface area contributed by atoms with E-state index < -0.39 is 0 Å². The quantitative estimate of drug-likeness (QED) is 0.134. The zero-order valence-electron chi connectivity index (χ0n) is 32.2. The van der Waals surface area contributed by atoms with Crippen molar-refractivity contribution in [3.05, 3.63) is 98.8 Å². The van der Waals surface area contributed by atoms with Crippen LogP contribution in [-0.2, 0) is 33.8 Å². The van der Waals surface area contributed by atoms with Crippen molar-refractivity contribution in [2.45, 2.75) is 107 Å². The number of nitrogens with one attached hydrogen (secondary N) is 1. The van der Waals surface area contributed by atoms with Gasteiger partial charge in [-0.2, -0.15) is 0 Å². The highest BCUT2D eigenvalue weighted by molar-refractivity contribution is 7.10. The Kier molecular flexibility index (Phi) is 14.8. The minimum absolute atomic E-state index is 0.0372. The van der Waals surface area contributed by atoms with Crippen LogP contribution < -0.4 is 15.8 Å². The molecule has 4 aromatic rings. The summed E-state index contributed by atoms with van der Waals surface area (Å²) in [6.45, 7) is 3.21. The molecule has 6 rings (SSSR count). The number of rotatable bonds is 14. The fourth-order valence-electron chi connectivity index (χ4n) is 7.91. The van der Waals surface area contributed by atoms with Crippen LogP contribution in [0.3, 0.4) is 0 Å². The number of nitrogens with two attached hydrogens (primary N) is 1. The van der Waals surface area contributed by atoms with Crippen LogP contribution in [0.1, 0.15) is 92.2 Å². The van der Waals surface area contributed by atoms with Crippen molar-refractivity contribution in [2.75, 3.05) is 34.8 Å². The summed E-state index contributed by atoms with van der Waals surface area (Å²) in [6.07, 6.45) is 10.5. The molecule has 3 heterocycles. The first-order chi connectivity index (χ1) is 25.6. The molecule has 53 heavy (non-hydrogen) atoms. The summed E-state index contributed by atoms with van der Waals surface area (Å²) >= 11 is 3.68. The first-order valence-corrected chi connectivity index (χ1v) is 20.8. The molecule has 2 aliphatic carbocycles. The van der Waals surface area contributed by atoms with Gasteiger partial charge in [0.2, 0.25) is 11.8 Å². The van der Waals surface area contributed by atoms with Crippen molar-refractivity contribution < 1.29 is 18.7 Å². The van der Waals surface area contributed by atoms with Gasteiger partial charge in [-0.25, -0.2) is 0 Å². The molecular weight excluding hydrogens is 703 g/mol. The Balaban J connectivity index is 0.000000300. The molecule has 0 radical (unpaired) electrons. The fraction of sp³-hybridized carbons (Fsp3) is 0.524. The molecule has 0 saturated heterocycles. The monoisotopic (exact) mass is 761 g/mol. The molecule has 11 heteroatoms. The molecule has 9 nitrogen and oxygen atoms in total. The summed E-state index contributed by atoms with van der Waals surface area (Å²) in [5, 5.41) is 7.50. The maximum atomic E-state index is 13.3. The second-order valence-corrected chi connectivity index (χ2v) is 16.8. The van der Waals surface area contributed by atoms with E-state index in [1.807, 2.05) is 54.7 Å². The van der Waals surface area contributed by atoms with Crippen LogP contribution >= 0.6 is 22.7 Å². The number of ether oxygens (including phenoxy) is 1. The van der Waals surface area contributed by atoms with Crippen LogP contribution in [-0.4, -0.2) is 73.4 Å². The fourth-order valence-corrected chi connectivity index (χ4v) is 10.0. The minimum Gasteiger partial charge on any atom is -0.494 e. The highest BCUT2D eigenvalue weighted by Gasteiger charge is 2.40. The van der Waals surface area contributed by atoms with Gasteiger partial charge in [-0.1, -0.05) is 30.3 Å². The first-order valence-electron chi connectivity index (χ1n) is 19.0. The molecular formula is C42H59N5O4S2. The number of amides is 2. The van der Waals surface area contributed by atoms with Crippen LogP contribution in [0.4, 0.5) is 0 Å². The molecule has 0 bridgehead atoms. The molecule has 3 N–H and O–H groups in total. The number of hydrogen-bond acceptors (Lipinski definition) is 9. The lowest BCUT2D eigenvalue weighted by atomic mass is 9.77. The second kappa shape index (κ2) is 19.2. The number of carbonyl (C=O) groups is 2. The summed E-state index contributed by atoms with van der Waals surface area (Å²) in [6, 6.07) is 20.7. The molecule has 2 aliphatic rings. The zero-order chi connectivity index (χ0) is 37.8. The molecule has 0 atom stereocenters. The third kappa shape index (κ3) is 10.4. The highest BCUT2D eigenvalue weighted by Crippen LogP contribution is 2.44. The van der Waals surface area contributed by atoms with Gasteiger partial charge in [0, 0.05) is 46.8 Å². The van der Waals surface area contributed by atoms with Crippen LogP contribution in [0.2, 0.25) is 0 Å². The van der Waals surface area contributed by atoms with Crippen molar-refractivity contribution in [2.24, 2.45) is 5.73 Å². The third-order valence-electron chi connectivity index (χ3n) is 11.2. The van der Waals surface area contributed by atoms with E-state index in [0.29, 0.717) is 31.5 Å². The average Bonchev–Trinajstić information content (AvgIpc) is 3.98. The predicted octanol–water partition coefficient (Wildman–Crippen LogP) is 7.97. The van der Waals surface area contributed by atoms with Crippen LogP contribution in [0.5, 0.6) is 5.75 Å². The molecule has 288 valence electrons. The molecule has 3 aromatic heterocycles. The maximum Gasteiger partial charge on any atom is 0.223 e. The van der Waals surface area contributed by atoms with Gasteiger partial charge in [0.15, 0.2) is 0 Å². The van der Waals surface area contributed by atoms with E-state index in [4.69, 9.17) is 14.9 Å². The van der Waals surface area contributed by atoms with Gasteiger partial charge in [0.25, 0.3) is 0 Å². The zero-order valence-corrected chi connectivity index (χ0v) is 33.9. The second-order valence-electron chi connectivity index (χ2n) is 14.9. The molecule has 2 saturated carbocycles. The highest BCUT2D eigenvalue weighted by atomic mass is 32.1. The number of hydrogen-bond donors (Lipinski definition) is 2. The lowest BCUT2D eigenvalue weighted by Gasteiger charge is -2.44. The van der Waals surface area contributed by atoms with E-state index in [9.17, 15) is 9.59 Å². The Labute approximate surface area is 324 Å². The Morgan fingerprint density at radius 1 is 0.811 bits per heavy atom. The topological polar surface area (TPSA) is 104 Å². The first kappa shape index (κ1) is 40.7. The van der Waals surface area contributed by atoms with Crippen molar-refractivity contribution >= 4 is 34.5 Å². The largest absolute Gasteiger partial charge is 0.494 e. The van der Waals surface area contributed by atoms with Crippen LogP contribution in [0.25, 0.3) is 0 Å². The van der Waals surface area contributed by atoms with Gasteiger partial charge >= 0.3 is 0 Å². The van der Waals surface area contributed by atoms with E-state index >= 15 is 0 Å². The Morgan fingerprint density at radius 3 is 1.94 bits per heavy atom. The molecule has 0 aliphatic heterocycles. The van der Waals surface area contributed by atoms with Gasteiger partial charge < -0.3 is 25.1 Å². The smallest absolute Gasteiger partial charge is 0.223 e. The lowest BCUT2D eigenvalue weighted by molar-refractivity contribution is -0.135. The number of para-hydroxylation sites is 1. The minimum atomic E-state index is -0.0872. The summed E-state index contributed by atoms with van der Waals surface area (Å²) in [5.41, 5.74) is 7.21. The van der Waals surface area contributed by atoms with E-state index in [2.05, 4.69) is 78.3 Å². The average molecular weight is 762 g/mol. The lowest BCUT2D eigenvalue weighted by Crippen LogP contribution is -2.48. The SMILES string of the molecule is CCOc1ccccc1CN(Cc1ccco1)C(=O)CCC(=O)NC1CCC(c2cccs2)(N(C)C)CC1.CN(C)C1(c2cccs2)CCC(N)CC1. The van der Waals surface area contributed by atoms with Crippen molar-refractivity contribution in [3.8, 4) is 5.75 Å². The summed E-state index contributed by atoms with van der Waals surface area (Å²) in [5.74, 6) is 1.31. The number of nitrogens with zero attached hydrogens (tertiary/aromatic N) is 3. The summed E-state index contributed by atoms with van der Waals surface area (Å²) < 4.78 is 11.3. The number of carbonyl (C=O) groups excluding carboxylic acids is 2. The van der Waals surface area contributed by atoms with E-state index in [0.717, 1.165) is 49.8 Å². The van der Waals surface area contributed by atoms with Crippen LogP contribution in [0, 0.1) is 0 Å². The van der Waals surface area contributed by atoms with Gasteiger partial charge in [0.1, 0.15) is 11.5 Å². The van der Waals surface area contributed by atoms with Crippen molar-refractivity contribution in [1.82, 2.24) is 20.0 Å². The van der Waals surface area contributed by atoms with Gasteiger partial charge in [0.05, 0.1) is 30.5 Å². The van der Waals surface area contributed by atoms with E-state index in [1.54, 1.807) is 22.5 Å². The van der Waals surface area contributed by atoms with Crippen molar-refractivity contribution in [3.63, 3.8) is 0 Å². The molecule has 2 fully saturated rings. The molecule has 1 aromatic carbocycles. The number of furan rings is 1. The molecule has 0 spiro atoms. The van der Waals surface area contributed by atoms with E-state index in [-0.39, 0.29) is 41.8 Å². The summed E-state index contributed by atoms with van der Waals surface area (Å²) in [4.78, 5) is 35.5. The number of thiophene rings is 2. The standard InChI is InChI=1S/C30H39N3O4S.C12H20N2S/c1-4-36-26-11-6-5-9-23(26)21-33(22-25-10-7-19-37-25)29(35)14-13-28(34)31-24-15-17-30(18-16-24,32(2)3)27-12-8-20-38-27;1-14(2)12(11-4-3-9-15-11)7-5-10(13)6-8-12/h5-12,19-20,24H,4,13-18,21-22H2,1-3H3,(H,31,34);3-4,9-10H,5-8,13H2,1-2H3. The maximum absolute atomic E-state index is 13.3. The normalized spacial score (nSPS) is 22.9. The molecule has 2 amide bonds.